The molecule has 2 amide bonds. The number of nitrogens with one attached hydrogen (secondary N) is 1. The highest BCUT2D eigenvalue weighted by Crippen LogP contribution is 2.47. The molecule has 3 rings (SSSR count). The van der Waals surface area contributed by atoms with Gasteiger partial charge in [0, 0.05) is 25.2 Å². The summed E-state index contributed by atoms with van der Waals surface area (Å²) in [5.41, 5.74) is -1.18. The van der Waals surface area contributed by atoms with Gasteiger partial charge in [-0.25, -0.2) is 9.48 Å². The Morgan fingerprint density at radius 3 is 2.91 bits per heavy atom. The fourth-order valence-electron chi connectivity index (χ4n) is 3.18. The van der Waals surface area contributed by atoms with E-state index in [-0.39, 0.29) is 23.8 Å². The summed E-state index contributed by atoms with van der Waals surface area (Å²) >= 11 is 3.72. The van der Waals surface area contributed by atoms with Gasteiger partial charge in [0.2, 0.25) is 11.1 Å². The van der Waals surface area contributed by atoms with Crippen LogP contribution < -0.4 is 5.32 Å². The number of tetrazole rings is 1. The fourth-order valence-corrected chi connectivity index (χ4v) is 6.03. The monoisotopic (exact) mass is 499 g/mol. The minimum absolute atomic E-state index is 0.00921. The van der Waals surface area contributed by atoms with Gasteiger partial charge >= 0.3 is 5.97 Å². The van der Waals surface area contributed by atoms with E-state index in [1.54, 1.807) is 7.05 Å². The molecule has 0 spiro atoms. The molecule has 32 heavy (non-hydrogen) atoms. The molecule has 2 aliphatic rings. The Labute approximate surface area is 196 Å². The predicted molar refractivity (Wildman–Crippen MR) is 117 cm³/mol. The topological polar surface area (TPSA) is 163 Å². The first-order chi connectivity index (χ1) is 15.4. The molecule has 2 aliphatic heterocycles. The van der Waals surface area contributed by atoms with Gasteiger partial charge in [0.05, 0.1) is 17.6 Å². The molecule has 2 atom stereocenters. The largest absolute Gasteiger partial charge is 0.477 e. The van der Waals surface area contributed by atoms with Crippen LogP contribution in [0.15, 0.2) is 16.4 Å². The molecule has 0 aliphatic carbocycles. The lowest BCUT2D eigenvalue weighted by Crippen LogP contribution is -2.81. The summed E-state index contributed by atoms with van der Waals surface area (Å²) in [6.45, 7) is 2.09. The van der Waals surface area contributed by atoms with Crippen molar-refractivity contribution in [1.29, 1.82) is 5.26 Å². The molecule has 1 fully saturated rings. The molecule has 172 valence electrons. The van der Waals surface area contributed by atoms with Crippen LogP contribution in [0, 0.1) is 11.3 Å². The molecule has 2 N–H and O–H groups in total. The fraction of sp³-hybridized carbons (Fsp3) is 0.588. The highest BCUT2D eigenvalue weighted by Gasteiger charge is 2.66. The molecule has 12 nitrogen and oxygen atoms in total. The molecule has 0 bridgehead atoms. The smallest absolute Gasteiger partial charge is 0.352 e. The lowest BCUT2D eigenvalue weighted by Gasteiger charge is -2.56. The molecule has 0 aromatic carbocycles. The van der Waals surface area contributed by atoms with Gasteiger partial charge in [0.1, 0.15) is 11.1 Å². The van der Waals surface area contributed by atoms with E-state index < -0.39 is 28.9 Å². The molecule has 1 unspecified atom stereocenters. The first kappa shape index (κ1) is 24.4. The van der Waals surface area contributed by atoms with Crippen molar-refractivity contribution in [3.05, 3.63) is 11.3 Å². The Balaban J connectivity index is 1.81. The van der Waals surface area contributed by atoms with E-state index in [4.69, 9.17) is 10.00 Å². The Kier molecular flexibility index (Phi) is 8.04. The number of rotatable bonds is 11. The van der Waals surface area contributed by atoms with Gasteiger partial charge < -0.3 is 15.2 Å². The van der Waals surface area contributed by atoms with E-state index in [0.29, 0.717) is 28.7 Å². The van der Waals surface area contributed by atoms with E-state index in [9.17, 15) is 19.5 Å². The van der Waals surface area contributed by atoms with Gasteiger partial charge in [0.25, 0.3) is 11.6 Å². The van der Waals surface area contributed by atoms with Crippen molar-refractivity contribution in [2.45, 2.75) is 29.6 Å². The summed E-state index contributed by atoms with van der Waals surface area (Å²) in [7, 11) is 1.68. The number of aryl methyl sites for hydroxylation is 1. The molecular weight excluding hydrogens is 478 g/mol. The summed E-state index contributed by atoms with van der Waals surface area (Å²) in [5.74, 6) is -1.54. The van der Waals surface area contributed by atoms with E-state index in [1.807, 2.05) is 13.0 Å². The average Bonchev–Trinajstić information content (AvgIpc) is 3.18. The third-order valence-electron chi connectivity index (χ3n) is 4.53. The predicted octanol–water partition coefficient (Wildman–Crippen LogP) is 0.0519. The second-order valence-corrected chi connectivity index (χ2v) is 9.75. The van der Waals surface area contributed by atoms with E-state index in [2.05, 4.69) is 20.8 Å². The number of aliphatic carboxylic acids is 1. The van der Waals surface area contributed by atoms with Crippen molar-refractivity contribution in [3.8, 4) is 6.07 Å². The SMILES string of the molecule is CCCO[C@@]1(NC(=O)CSCC#N)C(=O)N2C(C(=O)O)=C(CSc3nnnn3C)CSC21. The number of β-lactam (4-membered cyclic amide) rings is 1. The molecule has 3 heterocycles. The number of ether oxygens (including phenoxy) is 1. The van der Waals surface area contributed by atoms with Crippen LogP contribution in [0.25, 0.3) is 0 Å². The van der Waals surface area contributed by atoms with Crippen molar-refractivity contribution >= 4 is 53.1 Å². The minimum Gasteiger partial charge on any atom is -0.477 e. The van der Waals surface area contributed by atoms with Crippen LogP contribution in [0.1, 0.15) is 13.3 Å². The average molecular weight is 500 g/mol. The van der Waals surface area contributed by atoms with Crippen LogP contribution in [0.3, 0.4) is 0 Å². The minimum atomic E-state index is -1.63. The van der Waals surface area contributed by atoms with Crippen molar-refractivity contribution in [1.82, 2.24) is 30.4 Å². The Morgan fingerprint density at radius 1 is 1.50 bits per heavy atom. The van der Waals surface area contributed by atoms with Crippen LogP contribution in [0.4, 0.5) is 0 Å². The molecular formula is C17H21N7O5S3. The second-order valence-electron chi connectivity index (χ2n) is 6.75. The number of nitriles is 1. The maximum atomic E-state index is 13.2. The lowest BCUT2D eigenvalue weighted by atomic mass is 9.98. The number of aromatic nitrogens is 4. The van der Waals surface area contributed by atoms with Crippen LogP contribution in [0.5, 0.6) is 0 Å². The molecule has 1 aromatic heterocycles. The van der Waals surface area contributed by atoms with E-state index in [0.717, 1.165) is 11.8 Å². The highest BCUT2D eigenvalue weighted by atomic mass is 32.2. The zero-order chi connectivity index (χ0) is 23.3. The lowest BCUT2D eigenvalue weighted by molar-refractivity contribution is -0.198. The third-order valence-corrected chi connectivity index (χ3v) is 7.80. The quantitative estimate of drug-likeness (QED) is 0.182. The molecule has 0 radical (unpaired) electrons. The summed E-state index contributed by atoms with van der Waals surface area (Å²) in [6, 6.07) is 1.94. The Hall–Kier alpha value is -2.28. The van der Waals surface area contributed by atoms with Crippen LogP contribution in [-0.2, 0) is 26.2 Å². The van der Waals surface area contributed by atoms with Gasteiger partial charge in [-0.1, -0.05) is 18.7 Å². The van der Waals surface area contributed by atoms with Gasteiger partial charge in [-0.15, -0.1) is 28.6 Å². The normalized spacial score (nSPS) is 22.2. The van der Waals surface area contributed by atoms with Crippen molar-refractivity contribution < 1.29 is 24.2 Å². The number of carboxylic acids is 1. The summed E-state index contributed by atoms with van der Waals surface area (Å²) in [5, 5.41) is 32.1. The second kappa shape index (κ2) is 10.6. The zero-order valence-corrected chi connectivity index (χ0v) is 19.8. The maximum Gasteiger partial charge on any atom is 0.352 e. The number of amides is 2. The zero-order valence-electron chi connectivity index (χ0n) is 17.3. The molecule has 0 saturated carbocycles. The third kappa shape index (κ3) is 4.72. The number of carboxylic acid groups (broad SMARTS) is 1. The van der Waals surface area contributed by atoms with Gasteiger partial charge in [0.15, 0.2) is 0 Å². The van der Waals surface area contributed by atoms with Crippen molar-refractivity contribution in [3.63, 3.8) is 0 Å². The van der Waals surface area contributed by atoms with Gasteiger partial charge in [-0.3, -0.25) is 14.5 Å². The molecule has 15 heteroatoms. The summed E-state index contributed by atoms with van der Waals surface area (Å²) < 4.78 is 7.28. The standard InChI is InChI=1S/C17H21N7O5S3/c1-3-5-29-17(19-11(25)9-30-6-4-18)14(28)24-12(13(26)27)10(7-31-15(17)24)8-32-16-20-21-22-23(16)2/h15H,3,5-9H2,1-2H3,(H,19,25)(H,26,27)/t15?,17-/m0/s1. The first-order valence-corrected chi connectivity index (χ1v) is 12.7. The van der Waals surface area contributed by atoms with E-state index >= 15 is 0 Å². The molecule has 1 aromatic rings. The van der Waals surface area contributed by atoms with Crippen LogP contribution in [0.2, 0.25) is 0 Å². The molecule has 1 saturated heterocycles. The van der Waals surface area contributed by atoms with Gasteiger partial charge in [-0.05, 0) is 22.4 Å². The number of thioether (sulfide) groups is 3. The van der Waals surface area contributed by atoms with Crippen molar-refractivity contribution in [2.75, 3.05) is 29.6 Å². The summed E-state index contributed by atoms with van der Waals surface area (Å²) in [6.07, 6.45) is 0.612. The van der Waals surface area contributed by atoms with E-state index in [1.165, 1.54) is 33.1 Å². The first-order valence-electron chi connectivity index (χ1n) is 9.51. The Bertz CT molecular complexity index is 978. The van der Waals surface area contributed by atoms with Crippen molar-refractivity contribution in [2.24, 2.45) is 7.05 Å². The Morgan fingerprint density at radius 2 is 2.28 bits per heavy atom. The van der Waals surface area contributed by atoms with Gasteiger partial charge in [-0.2, -0.15) is 5.26 Å². The number of fused-ring (bicyclic) bond motifs is 1. The number of nitrogens with zero attached hydrogens (tertiary/aromatic N) is 6. The number of hydrogen-bond donors (Lipinski definition) is 2. The number of hydrogen-bond acceptors (Lipinski definition) is 11. The number of carbonyl (C=O) groups is 3. The van der Waals surface area contributed by atoms with Crippen LogP contribution >= 0.6 is 35.3 Å². The van der Waals surface area contributed by atoms with Crippen LogP contribution in [-0.4, -0.2) is 88.7 Å². The maximum absolute atomic E-state index is 13.2. The number of carbonyl (C=O) groups excluding carboxylic acids is 2. The highest BCUT2D eigenvalue weighted by molar-refractivity contribution is 8.01. The summed E-state index contributed by atoms with van der Waals surface area (Å²) in [4.78, 5) is 38.9.